The summed E-state index contributed by atoms with van der Waals surface area (Å²) in [5.74, 6) is 1.99. The van der Waals surface area contributed by atoms with Gasteiger partial charge in [-0.3, -0.25) is 4.79 Å². The zero-order valence-electron chi connectivity index (χ0n) is 10.8. The molecule has 1 fully saturated rings. The van der Waals surface area contributed by atoms with Crippen molar-refractivity contribution in [3.8, 4) is 5.75 Å². The normalized spacial score (nSPS) is 22.6. The molecule has 0 radical (unpaired) electrons. The average molecular weight is 232 g/mol. The fourth-order valence-electron chi connectivity index (χ4n) is 2.27. The Hall–Kier alpha value is -1.31. The molecule has 1 saturated carbocycles. The lowest BCUT2D eigenvalue weighted by Crippen LogP contribution is -2.05. The number of Topliss-reactive ketones (excluding diaryl/α,β-unsaturated/α-hetero) is 1. The highest BCUT2D eigenvalue weighted by atomic mass is 16.5. The molecule has 1 aliphatic rings. The highest BCUT2D eigenvalue weighted by molar-refractivity contribution is 5.84. The van der Waals surface area contributed by atoms with Crippen molar-refractivity contribution >= 4 is 5.78 Å². The molecule has 2 rings (SSSR count). The van der Waals surface area contributed by atoms with Crippen LogP contribution in [0.4, 0.5) is 0 Å². The van der Waals surface area contributed by atoms with Gasteiger partial charge in [0.15, 0.2) is 0 Å². The van der Waals surface area contributed by atoms with Gasteiger partial charge >= 0.3 is 0 Å². The van der Waals surface area contributed by atoms with Crippen LogP contribution in [0.25, 0.3) is 0 Å². The predicted octanol–water partition coefficient (Wildman–Crippen LogP) is 3.56. The maximum absolute atomic E-state index is 11.6. The predicted molar refractivity (Wildman–Crippen MR) is 68.4 cm³/mol. The second-order valence-electron chi connectivity index (χ2n) is 5.01. The minimum Gasteiger partial charge on any atom is -0.491 e. The summed E-state index contributed by atoms with van der Waals surface area (Å²) in [7, 11) is 0. The van der Waals surface area contributed by atoms with Crippen LogP contribution in [0.3, 0.4) is 0 Å². The lowest BCUT2D eigenvalue weighted by atomic mass is 10.1. The summed E-state index contributed by atoms with van der Waals surface area (Å²) >= 11 is 0. The van der Waals surface area contributed by atoms with Crippen molar-refractivity contribution in [2.24, 2.45) is 5.92 Å². The molecule has 0 bridgehead atoms. The molecular weight excluding hydrogens is 212 g/mol. The SMILES string of the molecule is CCC(=O)C1CC1c1cccc(OC(C)C)c1. The maximum atomic E-state index is 11.6. The van der Waals surface area contributed by atoms with Crippen molar-refractivity contribution in [3.05, 3.63) is 29.8 Å². The molecule has 2 nitrogen and oxygen atoms in total. The van der Waals surface area contributed by atoms with E-state index in [1.54, 1.807) is 0 Å². The Bertz CT molecular complexity index is 409. The second kappa shape index (κ2) is 4.91. The van der Waals surface area contributed by atoms with Gasteiger partial charge in [-0.15, -0.1) is 0 Å². The fourth-order valence-corrected chi connectivity index (χ4v) is 2.27. The van der Waals surface area contributed by atoms with Crippen LogP contribution in [0.15, 0.2) is 24.3 Å². The van der Waals surface area contributed by atoms with Crippen molar-refractivity contribution in [2.75, 3.05) is 0 Å². The zero-order valence-corrected chi connectivity index (χ0v) is 10.8. The molecule has 0 saturated heterocycles. The third-order valence-corrected chi connectivity index (χ3v) is 3.21. The van der Waals surface area contributed by atoms with Gasteiger partial charge in [-0.1, -0.05) is 19.1 Å². The van der Waals surface area contributed by atoms with Gasteiger partial charge in [0.2, 0.25) is 0 Å². The summed E-state index contributed by atoms with van der Waals surface area (Å²) in [6, 6.07) is 8.16. The summed E-state index contributed by atoms with van der Waals surface area (Å²) in [6.07, 6.45) is 1.86. The van der Waals surface area contributed by atoms with Crippen LogP contribution in [0.2, 0.25) is 0 Å². The van der Waals surface area contributed by atoms with Gasteiger partial charge in [-0.2, -0.15) is 0 Å². The first-order valence-corrected chi connectivity index (χ1v) is 6.41. The molecule has 2 heteroatoms. The first kappa shape index (κ1) is 12.2. The molecule has 17 heavy (non-hydrogen) atoms. The molecule has 0 N–H and O–H groups in total. The minimum atomic E-state index is 0.192. The molecule has 0 aromatic heterocycles. The Labute approximate surface area is 103 Å². The van der Waals surface area contributed by atoms with Crippen LogP contribution in [-0.4, -0.2) is 11.9 Å². The van der Waals surface area contributed by atoms with Crippen molar-refractivity contribution < 1.29 is 9.53 Å². The topological polar surface area (TPSA) is 26.3 Å². The molecule has 1 aromatic rings. The zero-order chi connectivity index (χ0) is 12.4. The fraction of sp³-hybridized carbons (Fsp3) is 0.533. The van der Waals surface area contributed by atoms with Crippen LogP contribution in [0.5, 0.6) is 5.75 Å². The highest BCUT2D eigenvalue weighted by Crippen LogP contribution is 2.49. The molecule has 1 aliphatic carbocycles. The van der Waals surface area contributed by atoms with Crippen molar-refractivity contribution in [1.82, 2.24) is 0 Å². The summed E-state index contributed by atoms with van der Waals surface area (Å²) in [5.41, 5.74) is 1.25. The van der Waals surface area contributed by atoms with E-state index in [0.29, 0.717) is 18.1 Å². The second-order valence-corrected chi connectivity index (χ2v) is 5.01. The number of hydrogen-bond donors (Lipinski definition) is 0. The summed E-state index contributed by atoms with van der Waals surface area (Å²) < 4.78 is 5.67. The van der Waals surface area contributed by atoms with E-state index in [-0.39, 0.29) is 12.0 Å². The molecule has 2 atom stereocenters. The number of carbonyl (C=O) groups is 1. The van der Waals surface area contributed by atoms with E-state index < -0.39 is 0 Å². The van der Waals surface area contributed by atoms with E-state index in [0.717, 1.165) is 12.2 Å². The molecule has 0 spiro atoms. The quantitative estimate of drug-likeness (QED) is 0.776. The first-order chi connectivity index (χ1) is 8.11. The van der Waals surface area contributed by atoms with Gasteiger partial charge in [-0.05, 0) is 43.9 Å². The summed E-state index contributed by atoms with van der Waals surface area (Å²) in [6.45, 7) is 5.98. The van der Waals surface area contributed by atoms with Crippen molar-refractivity contribution in [2.45, 2.75) is 45.6 Å². The molecular formula is C15H20O2. The monoisotopic (exact) mass is 232 g/mol. The van der Waals surface area contributed by atoms with E-state index in [2.05, 4.69) is 12.1 Å². The van der Waals surface area contributed by atoms with Crippen molar-refractivity contribution in [1.29, 1.82) is 0 Å². The average Bonchev–Trinajstić information content (AvgIpc) is 3.07. The Morgan fingerprint density at radius 2 is 2.24 bits per heavy atom. The van der Waals surface area contributed by atoms with Crippen LogP contribution < -0.4 is 4.74 Å². The molecule has 1 aromatic carbocycles. The minimum absolute atomic E-state index is 0.192. The third-order valence-electron chi connectivity index (χ3n) is 3.21. The lowest BCUT2D eigenvalue weighted by Gasteiger charge is -2.10. The maximum Gasteiger partial charge on any atom is 0.136 e. The molecule has 0 amide bonds. The smallest absolute Gasteiger partial charge is 0.136 e. The highest BCUT2D eigenvalue weighted by Gasteiger charge is 2.42. The Kier molecular flexibility index (Phi) is 3.51. The standard InChI is InChI=1S/C15H20O2/c1-4-15(16)14-9-13(14)11-6-5-7-12(8-11)17-10(2)3/h5-8,10,13-14H,4,9H2,1-3H3. The molecule has 2 unspecified atom stereocenters. The van der Waals surface area contributed by atoms with Gasteiger partial charge in [0.05, 0.1) is 6.10 Å². The number of hydrogen-bond acceptors (Lipinski definition) is 2. The van der Waals surface area contributed by atoms with Gasteiger partial charge in [0.25, 0.3) is 0 Å². The summed E-state index contributed by atoms with van der Waals surface area (Å²) in [5, 5.41) is 0. The Balaban J connectivity index is 2.05. The lowest BCUT2D eigenvalue weighted by molar-refractivity contribution is -0.120. The third kappa shape index (κ3) is 2.87. The van der Waals surface area contributed by atoms with Crippen molar-refractivity contribution in [3.63, 3.8) is 0 Å². The van der Waals surface area contributed by atoms with E-state index >= 15 is 0 Å². The largest absolute Gasteiger partial charge is 0.491 e. The van der Waals surface area contributed by atoms with Gasteiger partial charge in [0.1, 0.15) is 11.5 Å². The van der Waals surface area contributed by atoms with Crippen LogP contribution in [-0.2, 0) is 4.79 Å². The number of carbonyl (C=O) groups excluding carboxylic acids is 1. The van der Waals surface area contributed by atoms with E-state index in [9.17, 15) is 4.79 Å². The van der Waals surface area contributed by atoms with Gasteiger partial charge in [-0.25, -0.2) is 0 Å². The number of ether oxygens (including phenoxy) is 1. The van der Waals surface area contributed by atoms with Crippen LogP contribution in [0.1, 0.15) is 45.1 Å². The van der Waals surface area contributed by atoms with Gasteiger partial charge in [0, 0.05) is 12.3 Å². The van der Waals surface area contributed by atoms with E-state index in [4.69, 9.17) is 4.74 Å². The van der Waals surface area contributed by atoms with Crippen LogP contribution >= 0.6 is 0 Å². The molecule has 0 aliphatic heterocycles. The molecule has 0 heterocycles. The van der Waals surface area contributed by atoms with E-state index in [1.165, 1.54) is 5.56 Å². The number of benzene rings is 1. The number of rotatable bonds is 5. The van der Waals surface area contributed by atoms with Gasteiger partial charge < -0.3 is 4.74 Å². The Morgan fingerprint density at radius 3 is 2.88 bits per heavy atom. The van der Waals surface area contributed by atoms with E-state index in [1.807, 2.05) is 32.9 Å². The number of ketones is 1. The first-order valence-electron chi connectivity index (χ1n) is 6.41. The van der Waals surface area contributed by atoms with Crippen LogP contribution in [0, 0.1) is 5.92 Å². The molecule has 92 valence electrons. The summed E-state index contributed by atoms with van der Waals surface area (Å²) in [4.78, 5) is 11.6. The Morgan fingerprint density at radius 1 is 1.47 bits per heavy atom.